The van der Waals surface area contributed by atoms with Gasteiger partial charge in [0, 0.05) is 17.4 Å². The van der Waals surface area contributed by atoms with Crippen LogP contribution in [0.4, 0.5) is 10.7 Å². The molecule has 0 saturated carbocycles. The minimum absolute atomic E-state index is 0.0214. The van der Waals surface area contributed by atoms with Gasteiger partial charge in [0.1, 0.15) is 0 Å². The fourth-order valence-corrected chi connectivity index (χ4v) is 5.02. The Morgan fingerprint density at radius 3 is 3.04 bits per heavy atom. The van der Waals surface area contributed by atoms with Crippen molar-refractivity contribution in [3.05, 3.63) is 24.3 Å². The van der Waals surface area contributed by atoms with Crippen LogP contribution in [0.2, 0.25) is 0 Å². The van der Waals surface area contributed by atoms with Crippen LogP contribution in [-0.4, -0.2) is 45.0 Å². The largest absolute Gasteiger partial charge is 0.332 e. The summed E-state index contributed by atoms with van der Waals surface area (Å²) in [7, 11) is 0. The monoisotopic (exact) mass is 359 g/mol. The molecule has 0 spiro atoms. The highest BCUT2D eigenvalue weighted by Crippen LogP contribution is 2.33. The van der Waals surface area contributed by atoms with Crippen molar-refractivity contribution in [2.45, 2.75) is 43.0 Å². The number of aromatic amines is 1. The van der Waals surface area contributed by atoms with Crippen molar-refractivity contribution in [1.29, 1.82) is 0 Å². The zero-order valence-corrected chi connectivity index (χ0v) is 14.6. The molecule has 1 aromatic carbocycles. The molecule has 4 rings (SSSR count). The molecule has 2 aromatic rings. The number of carbonyl (C=O) groups is 2. The minimum Gasteiger partial charge on any atom is -0.332 e. The molecule has 1 aromatic heterocycles. The smallest absolute Gasteiger partial charge is 0.315 e. The molecule has 7 nitrogen and oxygen atoms in total. The van der Waals surface area contributed by atoms with Crippen LogP contribution < -0.4 is 16.0 Å². The molecule has 132 valence electrons. The van der Waals surface area contributed by atoms with Crippen molar-refractivity contribution in [1.82, 2.24) is 20.6 Å². The SMILES string of the molecule is O=C(CCCCC1SCC2NC(=O)NC21)Nc1nc2ccccc2[nH]1. The van der Waals surface area contributed by atoms with Gasteiger partial charge in [-0.25, -0.2) is 9.78 Å². The molecule has 3 heterocycles. The Balaban J connectivity index is 1.20. The summed E-state index contributed by atoms with van der Waals surface area (Å²) in [5.41, 5.74) is 1.76. The van der Waals surface area contributed by atoms with E-state index >= 15 is 0 Å². The highest BCUT2D eigenvalue weighted by atomic mass is 32.2. The van der Waals surface area contributed by atoms with Crippen molar-refractivity contribution in [3.8, 4) is 0 Å². The maximum absolute atomic E-state index is 12.1. The zero-order valence-electron chi connectivity index (χ0n) is 13.7. The Labute approximate surface area is 149 Å². The molecule has 3 atom stereocenters. The summed E-state index contributed by atoms with van der Waals surface area (Å²) in [6.45, 7) is 0. The Bertz CT molecular complexity index is 759. The fourth-order valence-electron chi connectivity index (χ4n) is 3.48. The predicted molar refractivity (Wildman–Crippen MR) is 98.7 cm³/mol. The number of H-pyrrole nitrogens is 1. The van der Waals surface area contributed by atoms with E-state index in [1.807, 2.05) is 36.0 Å². The second kappa shape index (κ2) is 6.95. The van der Waals surface area contributed by atoms with Crippen LogP contribution in [0.5, 0.6) is 0 Å². The van der Waals surface area contributed by atoms with Gasteiger partial charge in [0.2, 0.25) is 11.9 Å². The first-order chi connectivity index (χ1) is 12.2. The maximum atomic E-state index is 12.1. The van der Waals surface area contributed by atoms with E-state index in [2.05, 4.69) is 25.9 Å². The third kappa shape index (κ3) is 3.58. The highest BCUT2D eigenvalue weighted by Gasteiger charge is 2.42. The second-order valence-electron chi connectivity index (χ2n) is 6.52. The standard InChI is InChI=1S/C17H21N5O2S/c23-14(21-16-18-10-5-1-2-6-11(10)19-16)8-4-3-7-13-15-12(9-25-13)20-17(24)22-15/h1-2,5-6,12-13,15H,3-4,7-9H2,(H2,20,22,24)(H2,18,19,21,23). The topological polar surface area (TPSA) is 98.9 Å². The molecule has 2 aliphatic rings. The number of nitrogens with one attached hydrogen (secondary N) is 4. The number of hydrogen-bond donors (Lipinski definition) is 4. The number of rotatable bonds is 6. The number of urea groups is 1. The fraction of sp³-hybridized carbons (Fsp3) is 0.471. The molecular formula is C17H21N5O2S. The van der Waals surface area contributed by atoms with E-state index < -0.39 is 0 Å². The number of hydrogen-bond acceptors (Lipinski definition) is 4. The molecule has 2 saturated heterocycles. The molecule has 3 amide bonds. The van der Waals surface area contributed by atoms with Crippen molar-refractivity contribution in [2.24, 2.45) is 0 Å². The normalized spacial score (nSPS) is 24.8. The van der Waals surface area contributed by atoms with Gasteiger partial charge in [0.05, 0.1) is 23.1 Å². The third-order valence-corrected chi connectivity index (χ3v) is 6.24. The van der Waals surface area contributed by atoms with E-state index in [0.717, 1.165) is 36.0 Å². The first-order valence-electron chi connectivity index (χ1n) is 8.62. The Morgan fingerprint density at radius 2 is 2.16 bits per heavy atom. The van der Waals surface area contributed by atoms with Crippen LogP contribution >= 0.6 is 11.8 Å². The molecule has 0 bridgehead atoms. The van der Waals surface area contributed by atoms with Crippen LogP contribution in [0.1, 0.15) is 25.7 Å². The lowest BCUT2D eigenvalue weighted by molar-refractivity contribution is -0.116. The van der Waals surface area contributed by atoms with Crippen LogP contribution in [-0.2, 0) is 4.79 Å². The van der Waals surface area contributed by atoms with E-state index in [0.29, 0.717) is 17.6 Å². The van der Waals surface area contributed by atoms with E-state index in [-0.39, 0.29) is 24.0 Å². The van der Waals surface area contributed by atoms with Crippen molar-refractivity contribution < 1.29 is 9.59 Å². The number of benzene rings is 1. The lowest BCUT2D eigenvalue weighted by Gasteiger charge is -2.16. The summed E-state index contributed by atoms with van der Waals surface area (Å²) in [5.74, 6) is 1.45. The predicted octanol–water partition coefficient (Wildman–Crippen LogP) is 2.23. The molecule has 0 radical (unpaired) electrons. The van der Waals surface area contributed by atoms with E-state index in [9.17, 15) is 9.59 Å². The lowest BCUT2D eigenvalue weighted by atomic mass is 10.0. The number of nitrogens with zero attached hydrogens (tertiary/aromatic N) is 1. The number of carbonyl (C=O) groups excluding carboxylic acids is 2. The number of para-hydroxylation sites is 2. The first-order valence-corrected chi connectivity index (χ1v) is 9.67. The van der Waals surface area contributed by atoms with E-state index in [1.54, 1.807) is 0 Å². The number of thioether (sulfide) groups is 1. The summed E-state index contributed by atoms with van der Waals surface area (Å²) in [6.07, 6.45) is 3.31. The summed E-state index contributed by atoms with van der Waals surface area (Å²) in [4.78, 5) is 30.9. The van der Waals surface area contributed by atoms with Crippen LogP contribution in [0.25, 0.3) is 11.0 Å². The van der Waals surface area contributed by atoms with Gasteiger partial charge >= 0.3 is 6.03 Å². The number of anilines is 1. The van der Waals surface area contributed by atoms with Gasteiger partial charge in [-0.3, -0.25) is 10.1 Å². The van der Waals surface area contributed by atoms with Crippen molar-refractivity contribution >= 4 is 40.7 Å². The van der Waals surface area contributed by atoms with Gasteiger partial charge in [-0.15, -0.1) is 0 Å². The average Bonchev–Trinajstić information content (AvgIpc) is 3.25. The van der Waals surface area contributed by atoms with Gasteiger partial charge in [-0.2, -0.15) is 11.8 Å². The quantitative estimate of drug-likeness (QED) is 0.469. The summed E-state index contributed by atoms with van der Waals surface area (Å²) < 4.78 is 0. The van der Waals surface area contributed by atoms with Crippen LogP contribution in [0.3, 0.4) is 0 Å². The average molecular weight is 359 g/mol. The van der Waals surface area contributed by atoms with Crippen LogP contribution in [0, 0.1) is 0 Å². The number of imidazole rings is 1. The van der Waals surface area contributed by atoms with E-state index in [1.165, 1.54) is 0 Å². The summed E-state index contributed by atoms with van der Waals surface area (Å²) >= 11 is 1.91. The van der Waals surface area contributed by atoms with Crippen molar-refractivity contribution in [3.63, 3.8) is 0 Å². The maximum Gasteiger partial charge on any atom is 0.315 e. The Morgan fingerprint density at radius 1 is 1.28 bits per heavy atom. The van der Waals surface area contributed by atoms with Gasteiger partial charge in [-0.1, -0.05) is 18.6 Å². The zero-order chi connectivity index (χ0) is 17.2. The van der Waals surface area contributed by atoms with Gasteiger partial charge in [-0.05, 0) is 25.0 Å². The molecule has 2 fully saturated rings. The van der Waals surface area contributed by atoms with Crippen LogP contribution in [0.15, 0.2) is 24.3 Å². The second-order valence-corrected chi connectivity index (χ2v) is 7.79. The van der Waals surface area contributed by atoms with Gasteiger partial charge in [0.15, 0.2) is 0 Å². The Hall–Kier alpha value is -2.22. The summed E-state index contributed by atoms with van der Waals surface area (Å²) in [6, 6.07) is 8.14. The Kier molecular flexibility index (Phi) is 4.52. The molecule has 25 heavy (non-hydrogen) atoms. The lowest BCUT2D eigenvalue weighted by Crippen LogP contribution is -2.36. The number of amides is 3. The first kappa shape index (κ1) is 16.3. The number of aromatic nitrogens is 2. The number of fused-ring (bicyclic) bond motifs is 2. The molecule has 2 aliphatic heterocycles. The number of unbranched alkanes of at least 4 members (excludes halogenated alkanes) is 1. The van der Waals surface area contributed by atoms with Crippen molar-refractivity contribution in [2.75, 3.05) is 11.1 Å². The summed E-state index contributed by atoms with van der Waals surface area (Å²) in [5, 5.41) is 9.22. The third-order valence-electron chi connectivity index (χ3n) is 4.73. The molecular weight excluding hydrogens is 338 g/mol. The molecule has 4 N–H and O–H groups in total. The highest BCUT2D eigenvalue weighted by molar-refractivity contribution is 8.00. The van der Waals surface area contributed by atoms with E-state index in [4.69, 9.17) is 0 Å². The van der Waals surface area contributed by atoms with Gasteiger partial charge < -0.3 is 15.6 Å². The molecule has 3 unspecified atom stereocenters. The molecule has 8 heteroatoms. The van der Waals surface area contributed by atoms with Gasteiger partial charge in [0.25, 0.3) is 0 Å². The molecule has 0 aliphatic carbocycles. The minimum atomic E-state index is -0.0505.